The van der Waals surface area contributed by atoms with Crippen LogP contribution in [0.3, 0.4) is 0 Å². The van der Waals surface area contributed by atoms with Crippen molar-refractivity contribution >= 4 is 39.0 Å². The van der Waals surface area contributed by atoms with Gasteiger partial charge in [-0.15, -0.1) is 0 Å². The van der Waals surface area contributed by atoms with E-state index in [2.05, 4.69) is 46.9 Å². The van der Waals surface area contributed by atoms with Gasteiger partial charge in [0.25, 0.3) is 11.7 Å². The Morgan fingerprint density at radius 3 is 2.57 bits per heavy atom. The van der Waals surface area contributed by atoms with Crippen LogP contribution in [0.2, 0.25) is 0 Å². The van der Waals surface area contributed by atoms with Crippen molar-refractivity contribution in [3.63, 3.8) is 0 Å². The third kappa shape index (κ3) is 3.28. The van der Waals surface area contributed by atoms with Crippen LogP contribution in [0.1, 0.15) is 50.4 Å². The molecule has 0 unspecified atom stereocenters. The van der Waals surface area contributed by atoms with Gasteiger partial charge >= 0.3 is 0 Å². The number of anilines is 2. The second-order valence-corrected chi connectivity index (χ2v) is 6.48. The summed E-state index contributed by atoms with van der Waals surface area (Å²) in [6.45, 7) is 7.45. The molecule has 0 saturated carbocycles. The zero-order valence-electron chi connectivity index (χ0n) is 12.7. The quantitative estimate of drug-likeness (QED) is 0.621. The standard InChI is InChI=1S/C16H21BrN2O2/c1-4-5-6-7-19(10(2)3)14-9-13-11(8-12(14)17)15(20)16(21)18-13/h8-10H,4-7H2,1-3H3,(H,18,20,21). The fraction of sp³-hybridized carbons (Fsp3) is 0.500. The van der Waals surface area contributed by atoms with E-state index in [9.17, 15) is 9.59 Å². The zero-order chi connectivity index (χ0) is 15.6. The lowest BCUT2D eigenvalue weighted by Crippen LogP contribution is -2.32. The number of nitrogens with one attached hydrogen (secondary N) is 1. The molecule has 0 aromatic heterocycles. The van der Waals surface area contributed by atoms with E-state index in [0.29, 0.717) is 17.3 Å². The van der Waals surface area contributed by atoms with Crippen molar-refractivity contribution in [1.82, 2.24) is 0 Å². The molecule has 1 amide bonds. The van der Waals surface area contributed by atoms with E-state index in [1.807, 2.05) is 6.07 Å². The molecule has 0 spiro atoms. The molecule has 1 aliphatic heterocycles. The van der Waals surface area contributed by atoms with Crippen molar-refractivity contribution in [2.45, 2.75) is 46.1 Å². The molecule has 5 heteroatoms. The summed E-state index contributed by atoms with van der Waals surface area (Å²) in [7, 11) is 0. The number of Topliss-reactive ketones (excluding diaryl/α,β-unsaturated/α-hetero) is 1. The lowest BCUT2D eigenvalue weighted by Gasteiger charge is -2.30. The molecule has 0 aliphatic carbocycles. The maximum Gasteiger partial charge on any atom is 0.296 e. The molecule has 0 saturated heterocycles. The van der Waals surface area contributed by atoms with Crippen molar-refractivity contribution in [3.05, 3.63) is 22.2 Å². The van der Waals surface area contributed by atoms with Crippen molar-refractivity contribution in [2.24, 2.45) is 0 Å². The Hall–Kier alpha value is -1.36. The molecule has 2 rings (SSSR count). The summed E-state index contributed by atoms with van der Waals surface area (Å²) in [6.07, 6.45) is 3.51. The van der Waals surface area contributed by atoms with Crippen molar-refractivity contribution in [2.75, 3.05) is 16.8 Å². The number of hydrogen-bond acceptors (Lipinski definition) is 3. The summed E-state index contributed by atoms with van der Waals surface area (Å²) < 4.78 is 0.858. The number of halogens is 1. The Balaban J connectivity index is 2.32. The average molecular weight is 353 g/mol. The van der Waals surface area contributed by atoms with E-state index in [1.165, 1.54) is 12.8 Å². The van der Waals surface area contributed by atoms with Crippen LogP contribution in [-0.4, -0.2) is 24.3 Å². The number of hydrogen-bond donors (Lipinski definition) is 1. The van der Waals surface area contributed by atoms with Crippen molar-refractivity contribution < 1.29 is 9.59 Å². The molecular weight excluding hydrogens is 332 g/mol. The Labute approximate surface area is 134 Å². The molecule has 21 heavy (non-hydrogen) atoms. The first-order chi connectivity index (χ1) is 9.95. The minimum atomic E-state index is -0.545. The van der Waals surface area contributed by atoms with Gasteiger partial charge in [0.1, 0.15) is 0 Å². The first-order valence-electron chi connectivity index (χ1n) is 7.41. The lowest BCUT2D eigenvalue weighted by atomic mass is 10.1. The number of amides is 1. The fourth-order valence-electron chi connectivity index (χ4n) is 2.56. The van der Waals surface area contributed by atoms with Crippen LogP contribution in [0.15, 0.2) is 16.6 Å². The van der Waals surface area contributed by atoms with Gasteiger partial charge in [-0.2, -0.15) is 0 Å². The predicted octanol–water partition coefficient (Wildman–Crippen LogP) is 3.99. The first-order valence-corrected chi connectivity index (χ1v) is 8.20. The van der Waals surface area contributed by atoms with Gasteiger partial charge in [-0.05, 0) is 48.3 Å². The van der Waals surface area contributed by atoms with Crippen LogP contribution in [0, 0.1) is 0 Å². The molecule has 0 atom stereocenters. The van der Waals surface area contributed by atoms with Gasteiger partial charge in [0.05, 0.1) is 16.9 Å². The maximum absolute atomic E-state index is 11.7. The van der Waals surface area contributed by atoms with E-state index in [0.717, 1.165) is 23.1 Å². The van der Waals surface area contributed by atoms with Crippen molar-refractivity contribution in [1.29, 1.82) is 0 Å². The molecular formula is C16H21BrN2O2. The predicted molar refractivity (Wildman–Crippen MR) is 89.1 cm³/mol. The second-order valence-electron chi connectivity index (χ2n) is 5.63. The van der Waals surface area contributed by atoms with Gasteiger partial charge in [-0.3, -0.25) is 9.59 Å². The molecule has 0 radical (unpaired) electrons. The highest BCUT2D eigenvalue weighted by Gasteiger charge is 2.30. The third-order valence-corrected chi connectivity index (χ3v) is 4.36. The summed E-state index contributed by atoms with van der Waals surface area (Å²) in [5.74, 6) is -1.00. The number of rotatable bonds is 6. The number of fused-ring (bicyclic) bond motifs is 1. The zero-order valence-corrected chi connectivity index (χ0v) is 14.3. The van der Waals surface area contributed by atoms with Gasteiger partial charge in [0.2, 0.25) is 0 Å². The Bertz CT molecular complexity index is 570. The molecule has 1 aliphatic rings. The number of nitrogens with zero attached hydrogens (tertiary/aromatic N) is 1. The van der Waals surface area contributed by atoms with Gasteiger partial charge in [0.15, 0.2) is 0 Å². The van der Waals surface area contributed by atoms with Gasteiger partial charge < -0.3 is 10.2 Å². The highest BCUT2D eigenvalue weighted by molar-refractivity contribution is 9.10. The van der Waals surface area contributed by atoms with Gasteiger partial charge in [0, 0.05) is 17.1 Å². The number of carbonyl (C=O) groups excluding carboxylic acids is 2. The molecule has 1 aromatic carbocycles. The summed E-state index contributed by atoms with van der Waals surface area (Å²) in [4.78, 5) is 25.5. The number of carbonyl (C=O) groups is 2. The number of ketones is 1. The van der Waals surface area contributed by atoms with Crippen LogP contribution < -0.4 is 10.2 Å². The minimum absolute atomic E-state index is 0.351. The summed E-state index contributed by atoms with van der Waals surface area (Å²) in [5.41, 5.74) is 2.09. The minimum Gasteiger partial charge on any atom is -0.368 e. The molecule has 1 heterocycles. The van der Waals surface area contributed by atoms with Gasteiger partial charge in [-0.25, -0.2) is 0 Å². The maximum atomic E-state index is 11.7. The van der Waals surface area contributed by atoms with Crippen LogP contribution in [-0.2, 0) is 4.79 Å². The SMILES string of the molecule is CCCCCN(c1cc2c(cc1Br)C(=O)C(=O)N2)C(C)C. The van der Waals surface area contributed by atoms with Crippen LogP contribution in [0.5, 0.6) is 0 Å². The van der Waals surface area contributed by atoms with E-state index in [4.69, 9.17) is 0 Å². The molecule has 4 nitrogen and oxygen atoms in total. The first kappa shape index (κ1) is 16.0. The third-order valence-electron chi connectivity index (χ3n) is 3.72. The van der Waals surface area contributed by atoms with Crippen LogP contribution in [0.25, 0.3) is 0 Å². The molecule has 1 N–H and O–H groups in total. The number of unbranched alkanes of at least 4 members (excludes halogenated alkanes) is 2. The smallest absolute Gasteiger partial charge is 0.296 e. The van der Waals surface area contributed by atoms with Crippen molar-refractivity contribution in [3.8, 4) is 0 Å². The normalized spacial score (nSPS) is 13.6. The highest BCUT2D eigenvalue weighted by Crippen LogP contribution is 2.36. The molecule has 114 valence electrons. The molecule has 0 bridgehead atoms. The summed E-state index contributed by atoms with van der Waals surface area (Å²) >= 11 is 3.54. The Kier molecular flexibility index (Phi) is 5.04. The van der Waals surface area contributed by atoms with E-state index in [1.54, 1.807) is 6.07 Å². The van der Waals surface area contributed by atoms with E-state index < -0.39 is 11.7 Å². The topological polar surface area (TPSA) is 49.4 Å². The summed E-state index contributed by atoms with van der Waals surface area (Å²) in [5, 5.41) is 2.64. The molecule has 1 aromatic rings. The Morgan fingerprint density at radius 2 is 1.95 bits per heavy atom. The van der Waals surface area contributed by atoms with Crippen LogP contribution in [0.4, 0.5) is 11.4 Å². The lowest BCUT2D eigenvalue weighted by molar-refractivity contribution is -0.112. The Morgan fingerprint density at radius 1 is 1.24 bits per heavy atom. The van der Waals surface area contributed by atoms with Gasteiger partial charge in [-0.1, -0.05) is 19.8 Å². The highest BCUT2D eigenvalue weighted by atomic mass is 79.9. The second kappa shape index (κ2) is 6.60. The largest absolute Gasteiger partial charge is 0.368 e. The van der Waals surface area contributed by atoms with E-state index in [-0.39, 0.29) is 0 Å². The van der Waals surface area contributed by atoms with Crippen LogP contribution >= 0.6 is 15.9 Å². The summed E-state index contributed by atoms with van der Waals surface area (Å²) in [6, 6.07) is 4.00. The fourth-order valence-corrected chi connectivity index (χ4v) is 3.13. The molecule has 0 fully saturated rings. The monoisotopic (exact) mass is 352 g/mol. The van der Waals surface area contributed by atoms with E-state index >= 15 is 0 Å². The average Bonchev–Trinajstić information content (AvgIpc) is 2.70. The number of benzene rings is 1.